The lowest BCUT2D eigenvalue weighted by atomic mass is 9.77. The van der Waals surface area contributed by atoms with Crippen LogP contribution in [0.4, 0.5) is 8.78 Å². The van der Waals surface area contributed by atoms with E-state index < -0.39 is 17.2 Å². The molecule has 0 aromatic heterocycles. The van der Waals surface area contributed by atoms with Gasteiger partial charge in [0.2, 0.25) is 0 Å². The number of benzene rings is 1. The monoisotopic (exact) mass is 297 g/mol. The van der Waals surface area contributed by atoms with Crippen LogP contribution in [0.25, 0.3) is 0 Å². The largest absolute Gasteiger partial charge is 0.389 e. The lowest BCUT2D eigenvalue weighted by Gasteiger charge is -2.50. The van der Waals surface area contributed by atoms with Gasteiger partial charge >= 0.3 is 0 Å². The molecule has 3 rings (SSSR count). The summed E-state index contributed by atoms with van der Waals surface area (Å²) < 4.78 is 33.2. The summed E-state index contributed by atoms with van der Waals surface area (Å²) in [6.07, 6.45) is 1.20. The standard InChI is InChI=1S/C16H21F2NO2/c1-10-3-4-11(15(18)14(10)17)5-16(20)6-12-8-21-9-13(7-16)19(12)2/h3-4,12-13,20H,5-9H2,1-2H3. The van der Waals surface area contributed by atoms with Gasteiger partial charge in [0.1, 0.15) is 0 Å². The van der Waals surface area contributed by atoms with Gasteiger partial charge in [-0.15, -0.1) is 0 Å². The van der Waals surface area contributed by atoms with Gasteiger partial charge in [-0.1, -0.05) is 12.1 Å². The first kappa shape index (κ1) is 14.9. The van der Waals surface area contributed by atoms with Crippen LogP contribution in [0.15, 0.2) is 12.1 Å². The zero-order valence-electron chi connectivity index (χ0n) is 12.4. The molecule has 2 aliphatic rings. The number of hydrogen-bond donors (Lipinski definition) is 1. The SMILES string of the molecule is Cc1ccc(CC2(O)CC3COCC(C2)N3C)c(F)c1F. The summed E-state index contributed by atoms with van der Waals surface area (Å²) in [6.45, 7) is 2.70. The maximum absolute atomic E-state index is 14.0. The van der Waals surface area contributed by atoms with Crippen LogP contribution in [-0.4, -0.2) is 48.0 Å². The second-order valence-corrected chi connectivity index (χ2v) is 6.49. The first-order valence-electron chi connectivity index (χ1n) is 7.35. The molecule has 2 atom stereocenters. The van der Waals surface area contributed by atoms with Crippen LogP contribution in [0.3, 0.4) is 0 Å². The fourth-order valence-electron chi connectivity index (χ4n) is 3.56. The summed E-state index contributed by atoms with van der Waals surface area (Å²) >= 11 is 0. The molecule has 2 aliphatic heterocycles. The quantitative estimate of drug-likeness (QED) is 0.907. The third kappa shape index (κ3) is 2.70. The first-order valence-corrected chi connectivity index (χ1v) is 7.35. The molecule has 0 saturated carbocycles. The normalized spacial score (nSPS) is 33.2. The maximum Gasteiger partial charge on any atom is 0.162 e. The Labute approximate surface area is 123 Å². The minimum absolute atomic E-state index is 0.140. The van der Waals surface area contributed by atoms with Crippen molar-refractivity contribution in [1.82, 2.24) is 4.90 Å². The molecule has 0 radical (unpaired) electrons. The number of morpholine rings is 1. The summed E-state index contributed by atoms with van der Waals surface area (Å²) in [6, 6.07) is 3.42. The van der Waals surface area contributed by atoms with Gasteiger partial charge in [-0.3, -0.25) is 4.90 Å². The lowest BCUT2D eigenvalue weighted by Crippen LogP contribution is -2.60. The molecule has 1 aromatic rings. The van der Waals surface area contributed by atoms with Gasteiger partial charge in [-0.25, -0.2) is 8.78 Å². The Hall–Kier alpha value is -1.04. The number of nitrogens with zero attached hydrogens (tertiary/aromatic N) is 1. The molecule has 1 aromatic carbocycles. The van der Waals surface area contributed by atoms with Crippen molar-refractivity contribution in [3.8, 4) is 0 Å². The van der Waals surface area contributed by atoms with Gasteiger partial charge in [0, 0.05) is 18.5 Å². The minimum atomic E-state index is -0.992. The van der Waals surface area contributed by atoms with Crippen molar-refractivity contribution in [3.63, 3.8) is 0 Å². The Balaban J connectivity index is 1.83. The van der Waals surface area contributed by atoms with Crippen LogP contribution in [0, 0.1) is 18.6 Å². The summed E-state index contributed by atoms with van der Waals surface area (Å²) in [5.41, 5.74) is -0.449. The number of hydrogen-bond acceptors (Lipinski definition) is 3. The van der Waals surface area contributed by atoms with Gasteiger partial charge in [-0.05, 0) is 37.9 Å². The van der Waals surface area contributed by atoms with E-state index in [1.165, 1.54) is 6.92 Å². The molecule has 5 heteroatoms. The van der Waals surface area contributed by atoms with Crippen molar-refractivity contribution >= 4 is 0 Å². The highest BCUT2D eigenvalue weighted by molar-refractivity contribution is 5.27. The number of aryl methyl sites for hydroxylation is 1. The van der Waals surface area contributed by atoms with Crippen molar-refractivity contribution in [3.05, 3.63) is 34.9 Å². The first-order chi connectivity index (χ1) is 9.89. The van der Waals surface area contributed by atoms with Gasteiger partial charge in [0.15, 0.2) is 11.6 Å². The van der Waals surface area contributed by atoms with Crippen molar-refractivity contribution in [2.45, 2.75) is 43.9 Å². The Kier molecular flexibility index (Phi) is 3.76. The molecule has 2 bridgehead atoms. The van der Waals surface area contributed by atoms with Crippen LogP contribution in [0.2, 0.25) is 0 Å². The van der Waals surface area contributed by atoms with E-state index in [0.29, 0.717) is 26.1 Å². The molecule has 2 saturated heterocycles. The molecule has 0 spiro atoms. The van der Waals surface area contributed by atoms with Crippen LogP contribution in [-0.2, 0) is 11.2 Å². The number of piperidine rings is 1. The van der Waals surface area contributed by atoms with E-state index in [0.717, 1.165) is 0 Å². The third-order valence-corrected chi connectivity index (χ3v) is 4.88. The van der Waals surface area contributed by atoms with Crippen molar-refractivity contribution in [1.29, 1.82) is 0 Å². The fourth-order valence-corrected chi connectivity index (χ4v) is 3.56. The van der Waals surface area contributed by atoms with Crippen LogP contribution in [0.1, 0.15) is 24.0 Å². The van der Waals surface area contributed by atoms with Crippen LogP contribution < -0.4 is 0 Å². The Morgan fingerprint density at radius 2 is 1.86 bits per heavy atom. The lowest BCUT2D eigenvalue weighted by molar-refractivity contribution is -0.133. The fraction of sp³-hybridized carbons (Fsp3) is 0.625. The van der Waals surface area contributed by atoms with E-state index in [1.807, 2.05) is 7.05 Å². The van der Waals surface area contributed by atoms with Crippen molar-refractivity contribution < 1.29 is 18.6 Å². The van der Waals surface area contributed by atoms with Crippen molar-refractivity contribution in [2.75, 3.05) is 20.3 Å². The number of ether oxygens (including phenoxy) is 1. The minimum Gasteiger partial charge on any atom is -0.389 e. The number of rotatable bonds is 2. The predicted molar refractivity (Wildman–Crippen MR) is 75.1 cm³/mol. The average Bonchev–Trinajstić information content (AvgIpc) is 2.42. The van der Waals surface area contributed by atoms with E-state index in [9.17, 15) is 13.9 Å². The highest BCUT2D eigenvalue weighted by Gasteiger charge is 2.44. The van der Waals surface area contributed by atoms with Gasteiger partial charge in [0.05, 0.1) is 18.8 Å². The highest BCUT2D eigenvalue weighted by atomic mass is 19.2. The molecule has 2 unspecified atom stereocenters. The second kappa shape index (κ2) is 5.30. The summed E-state index contributed by atoms with van der Waals surface area (Å²) in [7, 11) is 2.03. The summed E-state index contributed by atoms with van der Waals surface area (Å²) in [5, 5.41) is 10.9. The molecule has 2 fully saturated rings. The zero-order chi connectivity index (χ0) is 15.2. The van der Waals surface area contributed by atoms with Gasteiger partial charge < -0.3 is 9.84 Å². The third-order valence-electron chi connectivity index (χ3n) is 4.88. The molecular weight excluding hydrogens is 276 g/mol. The topological polar surface area (TPSA) is 32.7 Å². The number of aliphatic hydroxyl groups is 1. The summed E-state index contributed by atoms with van der Waals surface area (Å²) in [5.74, 6) is -1.64. The van der Waals surface area contributed by atoms with E-state index >= 15 is 0 Å². The molecule has 0 aliphatic carbocycles. The number of likely N-dealkylation sites (N-methyl/N-ethyl adjacent to an activating group) is 1. The number of halogens is 2. The Morgan fingerprint density at radius 3 is 2.48 bits per heavy atom. The maximum atomic E-state index is 14.0. The van der Waals surface area contributed by atoms with Crippen LogP contribution in [0.5, 0.6) is 0 Å². The zero-order valence-corrected chi connectivity index (χ0v) is 12.4. The van der Waals surface area contributed by atoms with E-state index in [4.69, 9.17) is 4.74 Å². The summed E-state index contributed by atoms with van der Waals surface area (Å²) in [4.78, 5) is 2.23. The molecule has 116 valence electrons. The van der Waals surface area contributed by atoms with Gasteiger partial charge in [-0.2, -0.15) is 0 Å². The Morgan fingerprint density at radius 1 is 1.24 bits per heavy atom. The van der Waals surface area contributed by atoms with Crippen LogP contribution >= 0.6 is 0 Å². The molecule has 1 N–H and O–H groups in total. The average molecular weight is 297 g/mol. The Bertz CT molecular complexity index is 535. The predicted octanol–water partition coefficient (Wildman–Crippen LogP) is 2.04. The second-order valence-electron chi connectivity index (χ2n) is 6.49. The molecular formula is C16H21F2NO2. The van der Waals surface area contributed by atoms with E-state index in [2.05, 4.69) is 4.90 Å². The molecule has 2 heterocycles. The molecule has 0 amide bonds. The van der Waals surface area contributed by atoms with Crippen molar-refractivity contribution in [2.24, 2.45) is 0 Å². The van der Waals surface area contributed by atoms with Gasteiger partial charge in [0.25, 0.3) is 0 Å². The van der Waals surface area contributed by atoms with E-state index in [1.54, 1.807) is 12.1 Å². The highest BCUT2D eigenvalue weighted by Crippen LogP contribution is 2.36. The smallest absolute Gasteiger partial charge is 0.162 e. The molecule has 3 nitrogen and oxygen atoms in total. The number of fused-ring (bicyclic) bond motifs is 2. The molecule has 21 heavy (non-hydrogen) atoms. The van der Waals surface area contributed by atoms with E-state index in [-0.39, 0.29) is 29.6 Å².